The first-order valence-corrected chi connectivity index (χ1v) is 4.63. The molecule has 0 aliphatic heterocycles. The van der Waals surface area contributed by atoms with Gasteiger partial charge in [0, 0.05) is 13.7 Å². The van der Waals surface area contributed by atoms with E-state index >= 15 is 0 Å². The SMILES string of the molecule is COCCNC(=O)C(=O)NC(C)(C)CO. The molecule has 0 aromatic heterocycles. The predicted molar refractivity (Wildman–Crippen MR) is 54.2 cm³/mol. The van der Waals surface area contributed by atoms with Crippen molar-refractivity contribution in [3.05, 3.63) is 0 Å². The molecule has 15 heavy (non-hydrogen) atoms. The summed E-state index contributed by atoms with van der Waals surface area (Å²) in [5, 5.41) is 13.6. The maximum atomic E-state index is 11.2. The Morgan fingerprint density at radius 3 is 2.40 bits per heavy atom. The Morgan fingerprint density at radius 2 is 1.93 bits per heavy atom. The zero-order valence-corrected chi connectivity index (χ0v) is 9.29. The highest BCUT2D eigenvalue weighted by molar-refractivity contribution is 6.35. The monoisotopic (exact) mass is 218 g/mol. The normalized spacial score (nSPS) is 10.9. The van der Waals surface area contributed by atoms with Gasteiger partial charge in [0.05, 0.1) is 18.8 Å². The first kappa shape index (κ1) is 13.9. The number of nitrogens with one attached hydrogen (secondary N) is 2. The molecule has 0 rings (SSSR count). The lowest BCUT2D eigenvalue weighted by atomic mass is 10.1. The van der Waals surface area contributed by atoms with Crippen LogP contribution in [0.25, 0.3) is 0 Å². The molecular formula is C9H18N2O4. The number of hydrogen-bond donors (Lipinski definition) is 3. The molecule has 0 aliphatic carbocycles. The number of hydrogen-bond acceptors (Lipinski definition) is 4. The summed E-state index contributed by atoms with van der Waals surface area (Å²) in [5.74, 6) is -1.49. The molecule has 2 amide bonds. The fourth-order valence-corrected chi connectivity index (χ4v) is 0.751. The van der Waals surface area contributed by atoms with E-state index in [4.69, 9.17) is 9.84 Å². The summed E-state index contributed by atoms with van der Waals surface area (Å²) in [6.07, 6.45) is 0. The van der Waals surface area contributed by atoms with Gasteiger partial charge in [-0.3, -0.25) is 9.59 Å². The fraction of sp³-hybridized carbons (Fsp3) is 0.778. The van der Waals surface area contributed by atoms with E-state index < -0.39 is 17.4 Å². The van der Waals surface area contributed by atoms with Crippen LogP contribution in [-0.2, 0) is 14.3 Å². The van der Waals surface area contributed by atoms with E-state index in [1.165, 1.54) is 7.11 Å². The van der Waals surface area contributed by atoms with Crippen molar-refractivity contribution in [2.75, 3.05) is 26.9 Å². The largest absolute Gasteiger partial charge is 0.394 e. The third-order valence-corrected chi connectivity index (χ3v) is 1.65. The average molecular weight is 218 g/mol. The van der Waals surface area contributed by atoms with Gasteiger partial charge in [-0.1, -0.05) is 0 Å². The highest BCUT2D eigenvalue weighted by Crippen LogP contribution is 1.98. The van der Waals surface area contributed by atoms with Crippen molar-refractivity contribution in [3.63, 3.8) is 0 Å². The van der Waals surface area contributed by atoms with Crippen LogP contribution < -0.4 is 10.6 Å². The minimum atomic E-state index is -0.796. The summed E-state index contributed by atoms with van der Waals surface area (Å²) < 4.78 is 4.71. The summed E-state index contributed by atoms with van der Waals surface area (Å²) in [7, 11) is 1.50. The summed E-state index contributed by atoms with van der Waals surface area (Å²) >= 11 is 0. The quantitative estimate of drug-likeness (QED) is 0.393. The van der Waals surface area contributed by atoms with Crippen LogP contribution in [0.15, 0.2) is 0 Å². The molecule has 0 spiro atoms. The Bertz CT molecular complexity index is 228. The molecule has 0 aromatic carbocycles. The molecule has 0 radical (unpaired) electrons. The van der Waals surface area contributed by atoms with Crippen molar-refractivity contribution in [3.8, 4) is 0 Å². The summed E-state index contributed by atoms with van der Waals surface area (Å²) in [5.41, 5.74) is -0.796. The molecule has 88 valence electrons. The third kappa shape index (κ3) is 6.03. The molecule has 0 unspecified atom stereocenters. The first-order chi connectivity index (χ1) is 6.93. The van der Waals surface area contributed by atoms with E-state index in [-0.39, 0.29) is 13.2 Å². The zero-order chi connectivity index (χ0) is 11.9. The minimum absolute atomic E-state index is 0.232. The molecule has 0 saturated carbocycles. The molecule has 3 N–H and O–H groups in total. The van der Waals surface area contributed by atoms with Crippen molar-refractivity contribution in [1.82, 2.24) is 10.6 Å². The van der Waals surface area contributed by atoms with Crippen LogP contribution in [-0.4, -0.2) is 49.3 Å². The lowest BCUT2D eigenvalue weighted by Crippen LogP contribution is -2.51. The van der Waals surface area contributed by atoms with Crippen molar-refractivity contribution in [1.29, 1.82) is 0 Å². The number of methoxy groups -OCH3 is 1. The topological polar surface area (TPSA) is 87.7 Å². The number of rotatable bonds is 5. The zero-order valence-electron chi connectivity index (χ0n) is 9.29. The fourth-order valence-electron chi connectivity index (χ4n) is 0.751. The number of carbonyl (C=O) groups excluding carboxylic acids is 2. The number of ether oxygens (including phenoxy) is 1. The van der Waals surface area contributed by atoms with Gasteiger partial charge in [0.25, 0.3) is 0 Å². The van der Waals surface area contributed by atoms with Crippen LogP contribution >= 0.6 is 0 Å². The van der Waals surface area contributed by atoms with Crippen molar-refractivity contribution in [2.45, 2.75) is 19.4 Å². The van der Waals surface area contributed by atoms with Gasteiger partial charge in [-0.25, -0.2) is 0 Å². The summed E-state index contributed by atoms with van der Waals surface area (Å²) in [4.78, 5) is 22.4. The van der Waals surface area contributed by atoms with E-state index in [0.717, 1.165) is 0 Å². The van der Waals surface area contributed by atoms with Gasteiger partial charge in [-0.15, -0.1) is 0 Å². The lowest BCUT2D eigenvalue weighted by molar-refractivity contribution is -0.140. The number of carbonyl (C=O) groups is 2. The van der Waals surface area contributed by atoms with E-state index in [9.17, 15) is 9.59 Å². The summed E-state index contributed by atoms with van der Waals surface area (Å²) in [6.45, 7) is 3.63. The highest BCUT2D eigenvalue weighted by atomic mass is 16.5. The molecule has 0 bridgehead atoms. The molecule has 6 nitrogen and oxygen atoms in total. The van der Waals surface area contributed by atoms with E-state index in [0.29, 0.717) is 6.61 Å². The second-order valence-corrected chi connectivity index (χ2v) is 3.74. The van der Waals surface area contributed by atoms with Crippen LogP contribution in [0.3, 0.4) is 0 Å². The molecule has 0 saturated heterocycles. The average Bonchev–Trinajstić information content (AvgIpc) is 2.17. The van der Waals surface area contributed by atoms with Crippen LogP contribution in [0, 0.1) is 0 Å². The van der Waals surface area contributed by atoms with Gasteiger partial charge in [0.2, 0.25) is 0 Å². The van der Waals surface area contributed by atoms with Crippen molar-refractivity contribution >= 4 is 11.8 Å². The van der Waals surface area contributed by atoms with E-state index in [1.807, 2.05) is 0 Å². The van der Waals surface area contributed by atoms with Crippen LogP contribution in [0.2, 0.25) is 0 Å². The Morgan fingerprint density at radius 1 is 1.33 bits per heavy atom. The molecular weight excluding hydrogens is 200 g/mol. The van der Waals surface area contributed by atoms with Crippen molar-refractivity contribution in [2.24, 2.45) is 0 Å². The van der Waals surface area contributed by atoms with Gasteiger partial charge in [-0.05, 0) is 13.8 Å². The second kappa shape index (κ2) is 6.36. The third-order valence-electron chi connectivity index (χ3n) is 1.65. The Kier molecular flexibility index (Phi) is 5.88. The minimum Gasteiger partial charge on any atom is -0.394 e. The van der Waals surface area contributed by atoms with Gasteiger partial charge >= 0.3 is 11.8 Å². The van der Waals surface area contributed by atoms with E-state index in [1.54, 1.807) is 13.8 Å². The smallest absolute Gasteiger partial charge is 0.309 e. The molecule has 0 fully saturated rings. The van der Waals surface area contributed by atoms with Crippen LogP contribution in [0.1, 0.15) is 13.8 Å². The summed E-state index contributed by atoms with van der Waals surface area (Å²) in [6, 6.07) is 0. The molecule has 6 heteroatoms. The number of aliphatic hydroxyl groups excluding tert-OH is 1. The molecule has 0 aliphatic rings. The van der Waals surface area contributed by atoms with E-state index in [2.05, 4.69) is 10.6 Å². The maximum absolute atomic E-state index is 11.2. The van der Waals surface area contributed by atoms with Gasteiger partial charge in [0.1, 0.15) is 0 Å². The van der Waals surface area contributed by atoms with Gasteiger partial charge in [-0.2, -0.15) is 0 Å². The standard InChI is InChI=1S/C9H18N2O4/c1-9(2,6-12)11-8(14)7(13)10-4-5-15-3/h12H,4-6H2,1-3H3,(H,10,13)(H,11,14). The lowest BCUT2D eigenvalue weighted by Gasteiger charge is -2.22. The van der Waals surface area contributed by atoms with Crippen molar-refractivity contribution < 1.29 is 19.4 Å². The van der Waals surface area contributed by atoms with Gasteiger partial charge < -0.3 is 20.5 Å². The Balaban J connectivity index is 3.94. The highest BCUT2D eigenvalue weighted by Gasteiger charge is 2.23. The van der Waals surface area contributed by atoms with Gasteiger partial charge in [0.15, 0.2) is 0 Å². The van der Waals surface area contributed by atoms with Crippen LogP contribution in [0.5, 0.6) is 0 Å². The second-order valence-electron chi connectivity index (χ2n) is 3.74. The number of aliphatic hydroxyl groups is 1. The Hall–Kier alpha value is -1.14. The van der Waals surface area contributed by atoms with Crippen LogP contribution in [0.4, 0.5) is 0 Å². The maximum Gasteiger partial charge on any atom is 0.309 e. The predicted octanol–water partition coefficient (Wildman–Crippen LogP) is -1.36. The molecule has 0 aromatic rings. The Labute approximate surface area is 89.0 Å². The number of amides is 2. The molecule has 0 heterocycles. The molecule has 0 atom stereocenters. The first-order valence-electron chi connectivity index (χ1n) is 4.63.